The summed E-state index contributed by atoms with van der Waals surface area (Å²) >= 11 is 0. The Hall–Kier alpha value is -2.56. The lowest BCUT2D eigenvalue weighted by molar-refractivity contribution is 0.0601. The minimum absolute atomic E-state index is 0.312. The number of carbonyl (C=O) groups excluding carboxylic acids is 1. The molecule has 0 saturated carbocycles. The van der Waals surface area contributed by atoms with Crippen LogP contribution in [-0.4, -0.2) is 18.1 Å². The van der Waals surface area contributed by atoms with Crippen molar-refractivity contribution in [2.75, 3.05) is 18.2 Å². The third kappa shape index (κ3) is 2.88. The van der Waals surface area contributed by atoms with Crippen molar-refractivity contribution in [3.63, 3.8) is 0 Å². The van der Waals surface area contributed by atoms with Crippen molar-refractivity contribution < 1.29 is 9.53 Å². The fourth-order valence-electron chi connectivity index (χ4n) is 1.93. The number of nitrogen functional groups attached to an aromatic ring is 1. The number of esters is 1. The summed E-state index contributed by atoms with van der Waals surface area (Å²) < 4.78 is 4.74. The number of methoxy groups -OCH3 is 1. The smallest absolute Gasteiger partial charge is 0.341 e. The standard InChI is InChI=1S/C15H17N3O2/c1-9-4-5-13(10(2)6-9)18-14-12(15(19)20-3)7-11(16)8-17-14/h4-8H,16H2,1-3H3,(H,17,18). The first-order valence-corrected chi connectivity index (χ1v) is 6.19. The molecule has 0 aliphatic rings. The Labute approximate surface area is 117 Å². The summed E-state index contributed by atoms with van der Waals surface area (Å²) in [6.45, 7) is 4.02. The molecule has 5 heteroatoms. The zero-order valence-electron chi connectivity index (χ0n) is 11.7. The van der Waals surface area contributed by atoms with Crippen molar-refractivity contribution in [1.82, 2.24) is 4.98 Å². The van der Waals surface area contributed by atoms with Gasteiger partial charge in [-0.1, -0.05) is 17.7 Å². The van der Waals surface area contributed by atoms with Gasteiger partial charge in [0.25, 0.3) is 0 Å². The number of nitrogens with two attached hydrogens (primary N) is 1. The lowest BCUT2D eigenvalue weighted by Crippen LogP contribution is -2.08. The van der Waals surface area contributed by atoms with E-state index in [0.29, 0.717) is 17.1 Å². The predicted octanol–water partition coefficient (Wildman–Crippen LogP) is 2.81. The number of rotatable bonds is 3. The molecule has 0 fully saturated rings. The number of ether oxygens (including phenoxy) is 1. The number of nitrogens with zero attached hydrogens (tertiary/aromatic N) is 1. The van der Waals surface area contributed by atoms with E-state index in [-0.39, 0.29) is 0 Å². The van der Waals surface area contributed by atoms with Gasteiger partial charge >= 0.3 is 5.97 Å². The zero-order valence-corrected chi connectivity index (χ0v) is 11.7. The summed E-state index contributed by atoms with van der Waals surface area (Å²) in [5.41, 5.74) is 9.52. The summed E-state index contributed by atoms with van der Waals surface area (Å²) in [4.78, 5) is 15.9. The molecule has 5 nitrogen and oxygen atoms in total. The second-order valence-corrected chi connectivity index (χ2v) is 4.60. The summed E-state index contributed by atoms with van der Waals surface area (Å²) in [5, 5.41) is 3.14. The molecule has 0 unspecified atom stereocenters. The van der Waals surface area contributed by atoms with Crippen LogP contribution in [0.1, 0.15) is 21.5 Å². The van der Waals surface area contributed by atoms with Crippen molar-refractivity contribution in [2.24, 2.45) is 0 Å². The molecule has 1 heterocycles. The van der Waals surface area contributed by atoms with E-state index >= 15 is 0 Å². The van der Waals surface area contributed by atoms with Crippen molar-refractivity contribution in [3.05, 3.63) is 47.2 Å². The molecule has 2 rings (SSSR count). The van der Waals surface area contributed by atoms with Gasteiger partial charge in [0.05, 0.1) is 19.0 Å². The first-order valence-electron chi connectivity index (χ1n) is 6.19. The number of anilines is 3. The highest BCUT2D eigenvalue weighted by molar-refractivity contribution is 5.96. The maximum absolute atomic E-state index is 11.8. The van der Waals surface area contributed by atoms with Gasteiger partial charge in [0.15, 0.2) is 0 Å². The first-order chi connectivity index (χ1) is 9.51. The van der Waals surface area contributed by atoms with E-state index in [1.54, 1.807) is 6.07 Å². The molecule has 2 aromatic rings. The van der Waals surface area contributed by atoms with Crippen LogP contribution in [0.3, 0.4) is 0 Å². The van der Waals surface area contributed by atoms with Crippen molar-refractivity contribution in [1.29, 1.82) is 0 Å². The lowest BCUT2D eigenvalue weighted by atomic mass is 10.1. The zero-order chi connectivity index (χ0) is 14.7. The van der Waals surface area contributed by atoms with E-state index in [1.165, 1.54) is 18.9 Å². The molecule has 0 aliphatic heterocycles. The summed E-state index contributed by atoms with van der Waals surface area (Å²) in [6, 6.07) is 7.54. The molecule has 1 aromatic carbocycles. The molecule has 3 N–H and O–H groups in total. The molecular formula is C15H17N3O2. The van der Waals surface area contributed by atoms with E-state index in [4.69, 9.17) is 10.5 Å². The minimum atomic E-state index is -0.475. The van der Waals surface area contributed by atoms with Crippen molar-refractivity contribution in [2.45, 2.75) is 13.8 Å². The SMILES string of the molecule is COC(=O)c1cc(N)cnc1Nc1ccc(C)cc1C. The summed E-state index contributed by atoms with van der Waals surface area (Å²) in [5.74, 6) is -0.0462. The number of hydrogen-bond acceptors (Lipinski definition) is 5. The number of carbonyl (C=O) groups is 1. The molecule has 104 valence electrons. The van der Waals surface area contributed by atoms with Gasteiger partial charge in [0, 0.05) is 5.69 Å². The number of pyridine rings is 1. The Morgan fingerprint density at radius 1 is 1.30 bits per heavy atom. The highest BCUT2D eigenvalue weighted by Gasteiger charge is 2.14. The number of aromatic nitrogens is 1. The van der Waals surface area contributed by atoms with E-state index in [1.807, 2.05) is 26.0 Å². The highest BCUT2D eigenvalue weighted by atomic mass is 16.5. The molecule has 0 saturated heterocycles. The Morgan fingerprint density at radius 3 is 2.70 bits per heavy atom. The van der Waals surface area contributed by atoms with Crippen LogP contribution in [0, 0.1) is 13.8 Å². The van der Waals surface area contributed by atoms with Crippen LogP contribution in [0.5, 0.6) is 0 Å². The fourth-order valence-corrected chi connectivity index (χ4v) is 1.93. The van der Waals surface area contributed by atoms with Crippen LogP contribution in [0.25, 0.3) is 0 Å². The molecule has 20 heavy (non-hydrogen) atoms. The average Bonchev–Trinajstić information content (AvgIpc) is 2.42. The van der Waals surface area contributed by atoms with Crippen LogP contribution >= 0.6 is 0 Å². The van der Waals surface area contributed by atoms with Gasteiger partial charge in [-0.3, -0.25) is 0 Å². The molecule has 0 atom stereocenters. The second kappa shape index (κ2) is 5.61. The van der Waals surface area contributed by atoms with Crippen LogP contribution in [-0.2, 0) is 4.74 Å². The molecule has 0 bridgehead atoms. The predicted molar refractivity (Wildman–Crippen MR) is 79.2 cm³/mol. The van der Waals surface area contributed by atoms with Crippen LogP contribution in [0.4, 0.5) is 17.2 Å². The fraction of sp³-hybridized carbons (Fsp3) is 0.200. The van der Waals surface area contributed by atoms with Crippen LogP contribution < -0.4 is 11.1 Å². The quantitative estimate of drug-likeness (QED) is 0.839. The Kier molecular flexibility index (Phi) is 3.89. The normalized spacial score (nSPS) is 10.2. The monoisotopic (exact) mass is 271 g/mol. The van der Waals surface area contributed by atoms with Gasteiger partial charge in [-0.2, -0.15) is 0 Å². The second-order valence-electron chi connectivity index (χ2n) is 4.60. The number of hydrogen-bond donors (Lipinski definition) is 2. The Bertz CT molecular complexity index is 654. The van der Waals surface area contributed by atoms with E-state index in [2.05, 4.69) is 16.4 Å². The number of benzene rings is 1. The maximum atomic E-state index is 11.8. The van der Waals surface area contributed by atoms with Crippen LogP contribution in [0.2, 0.25) is 0 Å². The third-order valence-corrected chi connectivity index (χ3v) is 2.95. The van der Waals surface area contributed by atoms with Gasteiger partial charge in [0.1, 0.15) is 11.4 Å². The largest absolute Gasteiger partial charge is 0.465 e. The van der Waals surface area contributed by atoms with Crippen molar-refractivity contribution >= 4 is 23.2 Å². The number of aryl methyl sites for hydroxylation is 2. The molecule has 0 amide bonds. The topological polar surface area (TPSA) is 77.2 Å². The Morgan fingerprint density at radius 2 is 2.05 bits per heavy atom. The molecular weight excluding hydrogens is 254 g/mol. The van der Waals surface area contributed by atoms with E-state index < -0.39 is 5.97 Å². The average molecular weight is 271 g/mol. The van der Waals surface area contributed by atoms with E-state index in [0.717, 1.165) is 11.3 Å². The summed E-state index contributed by atoms with van der Waals surface area (Å²) in [6.07, 6.45) is 1.50. The summed E-state index contributed by atoms with van der Waals surface area (Å²) in [7, 11) is 1.33. The van der Waals surface area contributed by atoms with Gasteiger partial charge in [-0.05, 0) is 31.5 Å². The van der Waals surface area contributed by atoms with Gasteiger partial charge in [-0.25, -0.2) is 9.78 Å². The first kappa shape index (κ1) is 13.9. The lowest BCUT2D eigenvalue weighted by Gasteiger charge is -2.12. The minimum Gasteiger partial charge on any atom is -0.465 e. The Balaban J connectivity index is 2.40. The molecule has 0 radical (unpaired) electrons. The maximum Gasteiger partial charge on any atom is 0.341 e. The molecule has 1 aromatic heterocycles. The van der Waals surface area contributed by atoms with Crippen LogP contribution in [0.15, 0.2) is 30.5 Å². The highest BCUT2D eigenvalue weighted by Crippen LogP contribution is 2.24. The van der Waals surface area contributed by atoms with Gasteiger partial charge in [-0.15, -0.1) is 0 Å². The third-order valence-electron chi connectivity index (χ3n) is 2.95. The molecule has 0 aliphatic carbocycles. The van der Waals surface area contributed by atoms with Gasteiger partial charge in [0.2, 0.25) is 0 Å². The number of nitrogens with one attached hydrogen (secondary N) is 1. The van der Waals surface area contributed by atoms with E-state index in [9.17, 15) is 4.79 Å². The molecule has 0 spiro atoms. The van der Waals surface area contributed by atoms with Gasteiger partial charge < -0.3 is 15.8 Å². The van der Waals surface area contributed by atoms with Crippen molar-refractivity contribution in [3.8, 4) is 0 Å².